The lowest BCUT2D eigenvalue weighted by Gasteiger charge is -2.40. The third kappa shape index (κ3) is 4.51. The maximum Gasteiger partial charge on any atom is 0.0900 e. The van der Waals surface area contributed by atoms with Crippen LogP contribution < -0.4 is 0 Å². The number of rotatable bonds is 6. The summed E-state index contributed by atoms with van der Waals surface area (Å²) >= 11 is 5.88. The first kappa shape index (κ1) is 18.2. The molecule has 1 aliphatic carbocycles. The Balaban J connectivity index is 1.45. The third-order valence-corrected chi connectivity index (χ3v) is 5.71. The number of β-amino-alcohol motifs (C(OH)–C–C–N with tert-alkyl or cyclic N) is 1. The van der Waals surface area contributed by atoms with Crippen LogP contribution in [0.1, 0.15) is 45.6 Å². The summed E-state index contributed by atoms with van der Waals surface area (Å²) in [5, 5.41) is 11.1. The van der Waals surface area contributed by atoms with Crippen molar-refractivity contribution < 1.29 is 9.84 Å². The Kier molecular flexibility index (Phi) is 5.27. The fraction of sp³-hybridized carbons (Fsp3) is 0.700. The van der Waals surface area contributed by atoms with Gasteiger partial charge in [-0.1, -0.05) is 44.5 Å². The van der Waals surface area contributed by atoms with Gasteiger partial charge in [0.25, 0.3) is 0 Å². The highest BCUT2D eigenvalue weighted by Crippen LogP contribution is 2.52. The number of nitrogens with zero attached hydrogens (tertiary/aromatic N) is 1. The van der Waals surface area contributed by atoms with E-state index in [1.807, 2.05) is 24.3 Å². The van der Waals surface area contributed by atoms with Crippen molar-refractivity contribution in [3.8, 4) is 0 Å². The minimum absolute atomic E-state index is 0.381. The fourth-order valence-electron chi connectivity index (χ4n) is 5.01. The zero-order valence-electron chi connectivity index (χ0n) is 15.1. The van der Waals surface area contributed by atoms with Crippen LogP contribution in [0.4, 0.5) is 0 Å². The molecule has 4 heteroatoms. The quantitative estimate of drug-likeness (QED) is 0.836. The van der Waals surface area contributed by atoms with Crippen molar-refractivity contribution >= 4 is 11.6 Å². The van der Waals surface area contributed by atoms with Crippen molar-refractivity contribution in [2.75, 3.05) is 19.7 Å². The lowest BCUT2D eigenvalue weighted by Crippen LogP contribution is -2.39. The molecule has 1 heterocycles. The van der Waals surface area contributed by atoms with Gasteiger partial charge in [-0.15, -0.1) is 0 Å². The molecule has 3 rings (SSSR count). The van der Waals surface area contributed by atoms with Gasteiger partial charge in [-0.05, 0) is 47.8 Å². The second-order valence-corrected chi connectivity index (χ2v) is 9.38. The molecule has 0 unspecified atom stereocenters. The summed E-state index contributed by atoms with van der Waals surface area (Å²) in [6, 6.07) is 8.26. The molecule has 1 aromatic rings. The van der Waals surface area contributed by atoms with Crippen molar-refractivity contribution in [2.24, 2.45) is 10.8 Å². The first-order valence-corrected chi connectivity index (χ1v) is 9.37. The molecular formula is C20H30ClNO2. The summed E-state index contributed by atoms with van der Waals surface area (Å²) in [6.07, 6.45) is 3.37. The third-order valence-electron chi connectivity index (χ3n) is 5.46. The maximum absolute atomic E-state index is 10.4. The number of benzene rings is 1. The molecule has 2 aliphatic rings. The molecular weight excluding hydrogens is 322 g/mol. The number of likely N-dealkylation sites (tertiary alicyclic amines) is 1. The number of hydrogen-bond acceptors (Lipinski definition) is 3. The minimum atomic E-state index is -0.427. The summed E-state index contributed by atoms with van der Waals surface area (Å²) in [7, 11) is 0. The highest BCUT2D eigenvalue weighted by Gasteiger charge is 2.49. The van der Waals surface area contributed by atoms with Gasteiger partial charge < -0.3 is 9.84 Å². The van der Waals surface area contributed by atoms with Gasteiger partial charge in [-0.25, -0.2) is 0 Å². The number of hydrogen-bond donors (Lipinski definition) is 1. The number of fused-ring (bicyclic) bond motifs is 2. The van der Waals surface area contributed by atoms with Crippen LogP contribution in [0.25, 0.3) is 0 Å². The summed E-state index contributed by atoms with van der Waals surface area (Å²) in [6.45, 7) is 9.89. The van der Waals surface area contributed by atoms with Gasteiger partial charge in [0.1, 0.15) is 0 Å². The second kappa shape index (κ2) is 6.95. The maximum atomic E-state index is 10.4. The molecule has 1 aliphatic heterocycles. The molecule has 1 aromatic carbocycles. The van der Waals surface area contributed by atoms with Crippen molar-refractivity contribution in [3.63, 3.8) is 0 Å². The number of aliphatic hydroxyl groups is 1. The smallest absolute Gasteiger partial charge is 0.0900 e. The van der Waals surface area contributed by atoms with E-state index in [9.17, 15) is 5.11 Å². The Morgan fingerprint density at radius 3 is 2.67 bits per heavy atom. The van der Waals surface area contributed by atoms with E-state index in [1.54, 1.807) is 0 Å². The van der Waals surface area contributed by atoms with Crippen molar-refractivity contribution in [1.29, 1.82) is 0 Å². The van der Waals surface area contributed by atoms with E-state index in [2.05, 4.69) is 25.7 Å². The topological polar surface area (TPSA) is 32.7 Å². The molecule has 2 bridgehead atoms. The van der Waals surface area contributed by atoms with E-state index >= 15 is 0 Å². The van der Waals surface area contributed by atoms with Gasteiger partial charge >= 0.3 is 0 Å². The molecule has 1 N–H and O–H groups in total. The van der Waals surface area contributed by atoms with Gasteiger partial charge in [0, 0.05) is 24.2 Å². The monoisotopic (exact) mass is 351 g/mol. The Bertz CT molecular complexity index is 559. The molecule has 0 spiro atoms. The Hall–Kier alpha value is -0.610. The van der Waals surface area contributed by atoms with E-state index in [0.29, 0.717) is 30.1 Å². The molecule has 0 aromatic heterocycles. The zero-order chi connectivity index (χ0) is 17.4. The summed E-state index contributed by atoms with van der Waals surface area (Å²) < 4.78 is 5.69. The molecule has 0 radical (unpaired) electrons. The normalized spacial score (nSPS) is 30.5. The first-order chi connectivity index (χ1) is 11.2. The van der Waals surface area contributed by atoms with Gasteiger partial charge in [-0.3, -0.25) is 4.90 Å². The molecule has 0 amide bonds. The summed E-state index contributed by atoms with van der Waals surface area (Å²) in [5.74, 6) is 0. The average molecular weight is 352 g/mol. The Labute approximate surface area is 150 Å². The summed E-state index contributed by atoms with van der Waals surface area (Å²) in [4.78, 5) is 2.49. The average Bonchev–Trinajstić information content (AvgIpc) is 2.69. The fourth-order valence-corrected chi connectivity index (χ4v) is 5.13. The van der Waals surface area contributed by atoms with Crippen molar-refractivity contribution in [3.05, 3.63) is 34.9 Å². The first-order valence-electron chi connectivity index (χ1n) is 8.99. The predicted molar refractivity (Wildman–Crippen MR) is 98.2 cm³/mol. The van der Waals surface area contributed by atoms with E-state index in [1.165, 1.54) is 19.3 Å². The Morgan fingerprint density at radius 1 is 1.25 bits per heavy atom. The van der Waals surface area contributed by atoms with Gasteiger partial charge in [-0.2, -0.15) is 0 Å². The minimum Gasteiger partial charge on any atom is -0.389 e. The van der Waals surface area contributed by atoms with Crippen LogP contribution in [0, 0.1) is 10.8 Å². The van der Waals surface area contributed by atoms with Gasteiger partial charge in [0.15, 0.2) is 0 Å². The van der Waals surface area contributed by atoms with Crippen LogP contribution in [0.15, 0.2) is 24.3 Å². The molecule has 2 fully saturated rings. The largest absolute Gasteiger partial charge is 0.389 e. The molecule has 1 saturated carbocycles. The predicted octanol–water partition coefficient (Wildman–Crippen LogP) is 4.12. The van der Waals surface area contributed by atoms with Gasteiger partial charge in [0.2, 0.25) is 0 Å². The number of ether oxygens (including phenoxy) is 1. The van der Waals surface area contributed by atoms with E-state index in [-0.39, 0.29) is 0 Å². The molecule has 3 atom stereocenters. The van der Waals surface area contributed by atoms with E-state index in [4.69, 9.17) is 16.3 Å². The molecule has 24 heavy (non-hydrogen) atoms. The standard InChI is InChI=1S/C20H30ClNO2/c1-19(2)8-17-9-20(3,13-19)14-22(17)10-18(23)12-24-11-15-4-6-16(21)7-5-15/h4-7,17-18,23H,8-14H2,1-3H3/t17-,18+,20+/m0/s1. The second-order valence-electron chi connectivity index (χ2n) is 8.94. The van der Waals surface area contributed by atoms with Crippen LogP contribution in [0.2, 0.25) is 5.02 Å². The van der Waals surface area contributed by atoms with Crippen molar-refractivity contribution in [2.45, 2.75) is 58.8 Å². The lowest BCUT2D eigenvalue weighted by atomic mass is 9.65. The highest BCUT2D eigenvalue weighted by molar-refractivity contribution is 6.30. The zero-order valence-corrected chi connectivity index (χ0v) is 15.9. The van der Waals surface area contributed by atoms with Crippen LogP contribution >= 0.6 is 11.6 Å². The van der Waals surface area contributed by atoms with Gasteiger partial charge in [0.05, 0.1) is 19.3 Å². The van der Waals surface area contributed by atoms with E-state index < -0.39 is 6.10 Å². The Morgan fingerprint density at radius 2 is 1.96 bits per heavy atom. The number of aliphatic hydroxyl groups excluding tert-OH is 1. The number of halogens is 1. The van der Waals surface area contributed by atoms with Crippen LogP contribution in [0.3, 0.4) is 0 Å². The molecule has 3 nitrogen and oxygen atoms in total. The van der Waals surface area contributed by atoms with Crippen LogP contribution in [0.5, 0.6) is 0 Å². The lowest BCUT2D eigenvalue weighted by molar-refractivity contribution is 0.00606. The SMILES string of the molecule is CC1(C)C[C@H]2C[C@@](C)(CN2C[C@@H](O)COCc2ccc(Cl)cc2)C1. The van der Waals surface area contributed by atoms with E-state index in [0.717, 1.165) is 23.7 Å². The van der Waals surface area contributed by atoms with Crippen LogP contribution in [-0.2, 0) is 11.3 Å². The van der Waals surface area contributed by atoms with Crippen molar-refractivity contribution in [1.82, 2.24) is 4.90 Å². The molecule has 134 valence electrons. The van der Waals surface area contributed by atoms with Crippen LogP contribution in [-0.4, -0.2) is 41.8 Å². The molecule has 1 saturated heterocycles. The summed E-state index contributed by atoms with van der Waals surface area (Å²) in [5.41, 5.74) is 1.91. The highest BCUT2D eigenvalue weighted by atomic mass is 35.5.